The molecule has 0 saturated carbocycles. The lowest BCUT2D eigenvalue weighted by molar-refractivity contribution is -0.110. The molecule has 0 spiro atoms. The zero-order chi connectivity index (χ0) is 18.7. The van der Waals surface area contributed by atoms with Gasteiger partial charge in [0.15, 0.2) is 5.37 Å². The van der Waals surface area contributed by atoms with Gasteiger partial charge in [0, 0.05) is 5.92 Å². The number of carbonyl (C=O) groups excluding carboxylic acids is 1. The molecule has 2 unspecified atom stereocenters. The van der Waals surface area contributed by atoms with Crippen LogP contribution in [0, 0.1) is 5.92 Å². The summed E-state index contributed by atoms with van der Waals surface area (Å²) in [6.45, 7) is 4.96. The lowest BCUT2D eigenvalue weighted by Crippen LogP contribution is -2.49. The predicted octanol–water partition coefficient (Wildman–Crippen LogP) is 3.77. The van der Waals surface area contributed by atoms with Gasteiger partial charge in [-0.1, -0.05) is 30.4 Å². The Labute approximate surface area is 149 Å². The molecule has 0 fully saturated rings. The molecule has 2 rings (SSSR count). The third-order valence-corrected chi connectivity index (χ3v) is 5.98. The predicted molar refractivity (Wildman–Crippen MR) is 93.8 cm³/mol. The first-order valence-electron chi connectivity index (χ1n) is 8.29. The summed E-state index contributed by atoms with van der Waals surface area (Å²) in [5, 5.41) is 9.24. The van der Waals surface area contributed by atoms with Crippen molar-refractivity contribution >= 4 is 15.9 Å². The Kier molecular flexibility index (Phi) is 5.90. The Balaban J connectivity index is 2.41. The Morgan fingerprint density at radius 1 is 1.28 bits per heavy atom. The first kappa shape index (κ1) is 19.5. The van der Waals surface area contributed by atoms with Crippen LogP contribution in [0.1, 0.15) is 40.0 Å². The van der Waals surface area contributed by atoms with Crippen molar-refractivity contribution in [1.82, 2.24) is 5.06 Å². The van der Waals surface area contributed by atoms with Gasteiger partial charge in [-0.15, -0.1) is 0 Å². The van der Waals surface area contributed by atoms with Crippen LogP contribution in [0.5, 0.6) is 0 Å². The van der Waals surface area contributed by atoms with Crippen LogP contribution >= 0.6 is 0 Å². The number of allylic oxidation sites excluding steroid dienone is 1. The Morgan fingerprint density at radius 3 is 2.44 bits per heavy atom. The second-order valence-corrected chi connectivity index (χ2v) is 9.14. The molecule has 138 valence electrons. The molecular formula is C18H25NO5S. The van der Waals surface area contributed by atoms with Crippen molar-refractivity contribution in [2.45, 2.75) is 55.9 Å². The van der Waals surface area contributed by atoms with Crippen LogP contribution in [-0.4, -0.2) is 35.8 Å². The Bertz CT molecular complexity index is 722. The largest absolute Gasteiger partial charge is 0.442 e. The van der Waals surface area contributed by atoms with E-state index in [4.69, 9.17) is 4.74 Å². The third-order valence-electron chi connectivity index (χ3n) is 3.87. The quantitative estimate of drug-likeness (QED) is 0.497. The Hall–Kier alpha value is -1.86. The van der Waals surface area contributed by atoms with Crippen molar-refractivity contribution in [3.8, 4) is 0 Å². The maximum atomic E-state index is 13.1. The first-order valence-corrected chi connectivity index (χ1v) is 9.84. The fourth-order valence-electron chi connectivity index (χ4n) is 2.78. The SMILES string of the molecule is CC(C)(C)OC(=O)N(O)C(C1C=CCCC1)S(=O)(=O)c1ccccc1. The van der Waals surface area contributed by atoms with E-state index in [1.54, 1.807) is 45.0 Å². The van der Waals surface area contributed by atoms with E-state index >= 15 is 0 Å². The molecule has 1 aromatic rings. The normalized spacial score (nSPS) is 19.3. The lowest BCUT2D eigenvalue weighted by Gasteiger charge is -2.33. The second kappa shape index (κ2) is 7.58. The molecule has 0 aromatic heterocycles. The molecule has 1 aliphatic carbocycles. The maximum Gasteiger partial charge on any atom is 0.435 e. The number of hydrogen-bond acceptors (Lipinski definition) is 5. The van der Waals surface area contributed by atoms with Gasteiger partial charge in [-0.2, -0.15) is 5.06 Å². The maximum absolute atomic E-state index is 13.1. The van der Waals surface area contributed by atoms with Gasteiger partial charge in [-0.3, -0.25) is 5.21 Å². The van der Waals surface area contributed by atoms with E-state index in [1.807, 2.05) is 6.08 Å². The highest BCUT2D eigenvalue weighted by molar-refractivity contribution is 7.92. The van der Waals surface area contributed by atoms with Crippen LogP contribution in [0.3, 0.4) is 0 Å². The molecule has 25 heavy (non-hydrogen) atoms. The van der Waals surface area contributed by atoms with Crippen LogP contribution in [0.25, 0.3) is 0 Å². The van der Waals surface area contributed by atoms with E-state index in [0.717, 1.165) is 12.8 Å². The summed E-state index contributed by atoms with van der Waals surface area (Å²) in [7, 11) is -3.98. The first-order chi connectivity index (χ1) is 11.6. The summed E-state index contributed by atoms with van der Waals surface area (Å²) in [6.07, 6.45) is 4.77. The van der Waals surface area contributed by atoms with Gasteiger partial charge in [-0.05, 0) is 52.2 Å². The smallest absolute Gasteiger partial charge is 0.435 e. The molecule has 7 heteroatoms. The van der Waals surface area contributed by atoms with E-state index in [0.29, 0.717) is 6.42 Å². The zero-order valence-corrected chi connectivity index (χ0v) is 15.6. The molecule has 1 aromatic carbocycles. The van der Waals surface area contributed by atoms with Crippen molar-refractivity contribution < 1.29 is 23.2 Å². The summed E-state index contributed by atoms with van der Waals surface area (Å²) in [4.78, 5) is 12.3. The number of hydrogen-bond donors (Lipinski definition) is 1. The number of hydroxylamine groups is 2. The molecule has 0 saturated heterocycles. The van der Waals surface area contributed by atoms with E-state index in [1.165, 1.54) is 12.1 Å². The van der Waals surface area contributed by atoms with E-state index in [9.17, 15) is 18.4 Å². The minimum Gasteiger partial charge on any atom is -0.442 e. The highest BCUT2D eigenvalue weighted by atomic mass is 32.2. The second-order valence-electron chi connectivity index (χ2n) is 7.10. The van der Waals surface area contributed by atoms with Gasteiger partial charge in [0.25, 0.3) is 0 Å². The van der Waals surface area contributed by atoms with Gasteiger partial charge >= 0.3 is 6.09 Å². The number of nitrogens with zero attached hydrogens (tertiary/aromatic N) is 1. The van der Waals surface area contributed by atoms with Crippen LogP contribution in [-0.2, 0) is 14.6 Å². The van der Waals surface area contributed by atoms with E-state index < -0.39 is 32.8 Å². The monoisotopic (exact) mass is 367 g/mol. The van der Waals surface area contributed by atoms with Gasteiger partial charge in [-0.25, -0.2) is 13.2 Å². The number of amides is 1. The molecule has 1 amide bonds. The minimum atomic E-state index is -3.98. The zero-order valence-electron chi connectivity index (χ0n) is 14.8. The molecule has 0 bridgehead atoms. The molecular weight excluding hydrogens is 342 g/mol. The minimum absolute atomic E-state index is 0.0570. The van der Waals surface area contributed by atoms with Crippen molar-refractivity contribution in [2.75, 3.05) is 0 Å². The van der Waals surface area contributed by atoms with Crippen molar-refractivity contribution in [3.63, 3.8) is 0 Å². The van der Waals surface area contributed by atoms with Gasteiger partial charge < -0.3 is 4.74 Å². The summed E-state index contributed by atoms with van der Waals surface area (Å²) < 4.78 is 31.4. The number of benzene rings is 1. The van der Waals surface area contributed by atoms with Crippen molar-refractivity contribution in [1.29, 1.82) is 0 Å². The van der Waals surface area contributed by atoms with E-state index in [2.05, 4.69) is 0 Å². The number of carbonyl (C=O) groups is 1. The standard InChI is InChI=1S/C18H25NO5S/c1-18(2,3)24-17(20)19(21)16(14-10-6-4-7-11-14)25(22,23)15-12-8-5-9-13-15/h5-6,8-10,12-14,16,21H,4,7,11H2,1-3H3. The fraction of sp³-hybridized carbons (Fsp3) is 0.500. The topological polar surface area (TPSA) is 83.9 Å². The van der Waals surface area contributed by atoms with E-state index in [-0.39, 0.29) is 9.96 Å². The van der Waals surface area contributed by atoms with Crippen LogP contribution < -0.4 is 0 Å². The number of ether oxygens (including phenoxy) is 1. The molecule has 0 radical (unpaired) electrons. The van der Waals surface area contributed by atoms with Crippen LogP contribution in [0.4, 0.5) is 4.79 Å². The molecule has 6 nitrogen and oxygen atoms in total. The number of sulfone groups is 1. The summed E-state index contributed by atoms with van der Waals surface area (Å²) >= 11 is 0. The average molecular weight is 367 g/mol. The Morgan fingerprint density at radius 2 is 1.92 bits per heavy atom. The van der Waals surface area contributed by atoms with Crippen molar-refractivity contribution in [2.24, 2.45) is 5.92 Å². The van der Waals surface area contributed by atoms with Gasteiger partial charge in [0.2, 0.25) is 9.84 Å². The van der Waals surface area contributed by atoms with Crippen LogP contribution in [0.15, 0.2) is 47.4 Å². The molecule has 0 aliphatic heterocycles. The van der Waals surface area contributed by atoms with Gasteiger partial charge in [0.05, 0.1) is 4.90 Å². The summed E-state index contributed by atoms with van der Waals surface area (Å²) in [6, 6.07) is 7.83. The summed E-state index contributed by atoms with van der Waals surface area (Å²) in [5.74, 6) is -0.503. The highest BCUT2D eigenvalue weighted by Gasteiger charge is 2.42. The van der Waals surface area contributed by atoms with Crippen LogP contribution in [0.2, 0.25) is 0 Å². The highest BCUT2D eigenvalue weighted by Crippen LogP contribution is 2.31. The lowest BCUT2D eigenvalue weighted by atomic mass is 9.95. The fourth-order valence-corrected chi connectivity index (χ4v) is 4.63. The molecule has 1 N–H and O–H groups in total. The average Bonchev–Trinajstić information content (AvgIpc) is 2.55. The molecule has 0 heterocycles. The van der Waals surface area contributed by atoms with Gasteiger partial charge in [0.1, 0.15) is 5.60 Å². The molecule has 2 atom stereocenters. The van der Waals surface area contributed by atoms with Crippen molar-refractivity contribution in [3.05, 3.63) is 42.5 Å². The third kappa shape index (κ3) is 4.83. The number of rotatable bonds is 4. The summed E-state index contributed by atoms with van der Waals surface area (Å²) in [5.41, 5.74) is -0.846. The molecule has 1 aliphatic rings.